The average Bonchev–Trinajstić information content (AvgIpc) is 2.04. The molecule has 0 aromatic rings. The summed E-state index contributed by atoms with van der Waals surface area (Å²) in [5.41, 5.74) is 0.631. The summed E-state index contributed by atoms with van der Waals surface area (Å²) < 4.78 is 0. The summed E-state index contributed by atoms with van der Waals surface area (Å²) in [7, 11) is 0. The number of hydrogen-bond acceptors (Lipinski definition) is 1. The van der Waals surface area contributed by atoms with Crippen LogP contribution in [0.3, 0.4) is 0 Å². The predicted octanol–water partition coefficient (Wildman–Crippen LogP) is 4.15. The van der Waals surface area contributed by atoms with Crippen LogP contribution in [0.4, 0.5) is 0 Å². The average molecular weight is 220 g/mol. The molecule has 0 spiro atoms. The van der Waals surface area contributed by atoms with E-state index in [2.05, 4.69) is 54.5 Å². The molecule has 0 atom stereocenters. The Balaban J connectivity index is 3.49. The van der Waals surface area contributed by atoms with Crippen molar-refractivity contribution in [2.24, 2.45) is 16.2 Å². The smallest absolute Gasteiger partial charge is 0.166 e. The molecule has 1 nitrogen and oxygen atoms in total. The van der Waals surface area contributed by atoms with Gasteiger partial charge in [-0.3, -0.25) is 4.79 Å². The third-order valence-corrected chi connectivity index (χ3v) is 3.70. The van der Waals surface area contributed by atoms with Crippen molar-refractivity contribution in [3.63, 3.8) is 0 Å². The molecule has 1 aliphatic carbocycles. The summed E-state index contributed by atoms with van der Waals surface area (Å²) in [5.74, 6) is 0.234. The summed E-state index contributed by atoms with van der Waals surface area (Å²) in [6.07, 6.45) is 5.82. The van der Waals surface area contributed by atoms with Crippen molar-refractivity contribution in [1.82, 2.24) is 0 Å². The minimum atomic E-state index is -0.404. The maximum absolute atomic E-state index is 12.4. The lowest BCUT2D eigenvalue weighted by molar-refractivity contribution is -0.134. The van der Waals surface area contributed by atoms with Gasteiger partial charge < -0.3 is 0 Å². The maximum Gasteiger partial charge on any atom is 0.166 e. The van der Waals surface area contributed by atoms with Crippen LogP contribution in [-0.2, 0) is 4.79 Å². The Morgan fingerprint density at radius 2 is 1.38 bits per heavy atom. The largest absolute Gasteiger partial charge is 0.294 e. The highest BCUT2D eigenvalue weighted by atomic mass is 16.1. The Hall–Kier alpha value is -0.850. The Morgan fingerprint density at radius 3 is 1.69 bits per heavy atom. The summed E-state index contributed by atoms with van der Waals surface area (Å²) in [4.78, 5) is 12.4. The monoisotopic (exact) mass is 220 g/mol. The van der Waals surface area contributed by atoms with Crippen molar-refractivity contribution in [2.75, 3.05) is 0 Å². The van der Waals surface area contributed by atoms with E-state index in [0.29, 0.717) is 0 Å². The minimum Gasteiger partial charge on any atom is -0.294 e. The SMILES string of the molecule is CC1=CC(C(C)(C)C)(C(C)(C)C)C(=O)C=C1. The van der Waals surface area contributed by atoms with E-state index in [1.165, 1.54) is 5.57 Å². The second-order valence-electron chi connectivity index (χ2n) is 6.89. The predicted molar refractivity (Wildman–Crippen MR) is 69.2 cm³/mol. The van der Waals surface area contributed by atoms with E-state index in [4.69, 9.17) is 0 Å². The topological polar surface area (TPSA) is 17.1 Å². The molecule has 90 valence electrons. The lowest BCUT2D eigenvalue weighted by Gasteiger charge is -2.51. The molecule has 0 aromatic carbocycles. The Kier molecular flexibility index (Phi) is 2.96. The van der Waals surface area contributed by atoms with Crippen LogP contribution in [0.25, 0.3) is 0 Å². The van der Waals surface area contributed by atoms with E-state index in [1.54, 1.807) is 6.08 Å². The third kappa shape index (κ3) is 1.77. The van der Waals surface area contributed by atoms with Gasteiger partial charge in [-0.15, -0.1) is 0 Å². The standard InChI is InChI=1S/C15H24O/c1-11-8-9-12(16)15(10-11,13(2,3)4)14(5,6)7/h8-10H,1-7H3. The van der Waals surface area contributed by atoms with Crippen LogP contribution in [0.5, 0.6) is 0 Å². The Labute approximate surface area is 99.6 Å². The van der Waals surface area contributed by atoms with Crippen molar-refractivity contribution in [3.8, 4) is 0 Å². The van der Waals surface area contributed by atoms with Crippen molar-refractivity contribution in [3.05, 3.63) is 23.8 Å². The first kappa shape index (κ1) is 13.2. The number of rotatable bonds is 0. The molecule has 0 amide bonds. The van der Waals surface area contributed by atoms with Gasteiger partial charge in [0.1, 0.15) is 0 Å². The third-order valence-electron chi connectivity index (χ3n) is 3.70. The van der Waals surface area contributed by atoms with Gasteiger partial charge >= 0.3 is 0 Å². The number of carbonyl (C=O) groups is 1. The second-order valence-corrected chi connectivity index (χ2v) is 6.89. The lowest BCUT2D eigenvalue weighted by Crippen LogP contribution is -2.51. The van der Waals surface area contributed by atoms with E-state index in [-0.39, 0.29) is 16.6 Å². The molecule has 0 bridgehead atoms. The molecule has 1 aliphatic rings. The van der Waals surface area contributed by atoms with Gasteiger partial charge in [0.2, 0.25) is 0 Å². The zero-order chi connectivity index (χ0) is 12.8. The number of carbonyl (C=O) groups excluding carboxylic acids is 1. The van der Waals surface area contributed by atoms with E-state index >= 15 is 0 Å². The highest BCUT2D eigenvalue weighted by molar-refractivity contribution is 5.99. The minimum absolute atomic E-state index is 0.0750. The van der Waals surface area contributed by atoms with Gasteiger partial charge in [-0.05, 0) is 23.8 Å². The zero-order valence-electron chi connectivity index (χ0n) is 11.6. The molecule has 1 heteroatoms. The zero-order valence-corrected chi connectivity index (χ0v) is 11.6. The van der Waals surface area contributed by atoms with Crippen LogP contribution in [0.1, 0.15) is 48.5 Å². The first-order valence-electron chi connectivity index (χ1n) is 5.94. The molecule has 0 saturated carbocycles. The number of hydrogen-bond donors (Lipinski definition) is 0. The van der Waals surface area contributed by atoms with E-state index < -0.39 is 5.41 Å². The first-order chi connectivity index (χ1) is 7.02. The summed E-state index contributed by atoms with van der Waals surface area (Å²) in [6.45, 7) is 15.0. The molecule has 0 radical (unpaired) electrons. The highest BCUT2D eigenvalue weighted by Gasteiger charge is 2.54. The normalized spacial score (nSPS) is 20.9. The van der Waals surface area contributed by atoms with Gasteiger partial charge in [-0.25, -0.2) is 0 Å². The summed E-state index contributed by atoms with van der Waals surface area (Å²) >= 11 is 0. The first-order valence-corrected chi connectivity index (χ1v) is 5.94. The van der Waals surface area contributed by atoms with Gasteiger partial charge in [0.15, 0.2) is 5.78 Å². The molecule has 0 N–H and O–H groups in total. The molecule has 16 heavy (non-hydrogen) atoms. The van der Waals surface area contributed by atoms with Crippen LogP contribution in [0.15, 0.2) is 23.8 Å². The van der Waals surface area contributed by atoms with Crippen LogP contribution >= 0.6 is 0 Å². The Morgan fingerprint density at radius 1 is 0.938 bits per heavy atom. The van der Waals surface area contributed by atoms with Gasteiger partial charge in [-0.2, -0.15) is 0 Å². The molecule has 0 heterocycles. The molecule has 0 unspecified atom stereocenters. The van der Waals surface area contributed by atoms with Crippen LogP contribution in [0.2, 0.25) is 0 Å². The molecule has 0 aromatic heterocycles. The van der Waals surface area contributed by atoms with Crippen molar-refractivity contribution >= 4 is 5.78 Å². The molecule has 0 fully saturated rings. The Bertz CT molecular complexity index is 342. The van der Waals surface area contributed by atoms with Gasteiger partial charge in [-0.1, -0.05) is 59.3 Å². The molecule has 0 aliphatic heterocycles. The second kappa shape index (κ2) is 3.58. The van der Waals surface area contributed by atoms with E-state index in [9.17, 15) is 4.79 Å². The summed E-state index contributed by atoms with van der Waals surface area (Å²) in [6, 6.07) is 0. The van der Waals surface area contributed by atoms with Gasteiger partial charge in [0, 0.05) is 0 Å². The number of allylic oxidation sites excluding steroid dienone is 4. The molecular weight excluding hydrogens is 196 g/mol. The fourth-order valence-electron chi connectivity index (χ4n) is 3.10. The fourth-order valence-corrected chi connectivity index (χ4v) is 3.10. The molecular formula is C15H24O. The van der Waals surface area contributed by atoms with Crippen LogP contribution in [0, 0.1) is 16.2 Å². The van der Waals surface area contributed by atoms with Gasteiger partial charge in [0.25, 0.3) is 0 Å². The lowest BCUT2D eigenvalue weighted by atomic mass is 9.51. The fraction of sp³-hybridized carbons (Fsp3) is 0.667. The van der Waals surface area contributed by atoms with Gasteiger partial charge in [0.05, 0.1) is 5.41 Å². The summed E-state index contributed by atoms with van der Waals surface area (Å²) in [5, 5.41) is 0. The van der Waals surface area contributed by atoms with E-state index in [0.717, 1.165) is 0 Å². The maximum atomic E-state index is 12.4. The van der Waals surface area contributed by atoms with Crippen molar-refractivity contribution < 1.29 is 4.79 Å². The van der Waals surface area contributed by atoms with Crippen molar-refractivity contribution in [1.29, 1.82) is 0 Å². The quantitative estimate of drug-likeness (QED) is 0.599. The number of ketones is 1. The van der Waals surface area contributed by atoms with Crippen LogP contribution < -0.4 is 0 Å². The highest BCUT2D eigenvalue weighted by Crippen LogP contribution is 2.55. The molecule has 0 saturated heterocycles. The molecule has 1 rings (SSSR count). The van der Waals surface area contributed by atoms with Crippen molar-refractivity contribution in [2.45, 2.75) is 48.5 Å². The van der Waals surface area contributed by atoms with E-state index in [1.807, 2.05) is 6.08 Å². The van der Waals surface area contributed by atoms with Crippen LogP contribution in [-0.4, -0.2) is 5.78 Å².